The van der Waals surface area contributed by atoms with Gasteiger partial charge in [0.1, 0.15) is 0 Å². The summed E-state index contributed by atoms with van der Waals surface area (Å²) in [4.78, 5) is 2.68. The van der Waals surface area contributed by atoms with Crippen LogP contribution in [0.3, 0.4) is 0 Å². The maximum atomic E-state index is 7.42. The van der Waals surface area contributed by atoms with Gasteiger partial charge < -0.3 is 4.43 Å². The summed E-state index contributed by atoms with van der Waals surface area (Å²) in [7, 11) is -2.47. The maximum absolute atomic E-state index is 7.42. The lowest BCUT2D eigenvalue weighted by Crippen LogP contribution is -2.63. The molecule has 0 N–H and O–H groups in total. The fourth-order valence-corrected chi connectivity index (χ4v) is 11.8. The number of hydrogen-bond donors (Lipinski definition) is 0. The molecule has 0 aliphatic carbocycles. The van der Waals surface area contributed by atoms with E-state index in [0.29, 0.717) is 6.04 Å². The molecule has 0 radical (unpaired) electrons. The van der Waals surface area contributed by atoms with Gasteiger partial charge in [0.05, 0.1) is 6.10 Å². The molecule has 3 heteroatoms. The third kappa shape index (κ3) is 2.97. The van der Waals surface area contributed by atoms with E-state index < -0.39 is 8.32 Å². The zero-order chi connectivity index (χ0) is 21.2. The topological polar surface area (TPSA) is 12.5 Å². The molecule has 3 heterocycles. The van der Waals surface area contributed by atoms with Crippen LogP contribution in [0.4, 0.5) is 0 Å². The first-order valence-corrected chi connectivity index (χ1v) is 13.6. The van der Waals surface area contributed by atoms with Crippen molar-refractivity contribution in [1.29, 1.82) is 0 Å². The van der Waals surface area contributed by atoms with Crippen LogP contribution in [0.25, 0.3) is 0 Å². The Hall–Kier alpha value is -1.68. The van der Waals surface area contributed by atoms with E-state index in [-0.39, 0.29) is 6.10 Å². The number of piperidine rings is 1. The minimum Gasteiger partial charge on any atom is -0.396 e. The van der Waals surface area contributed by atoms with Gasteiger partial charge in [-0.1, -0.05) is 47.5 Å². The third-order valence-corrected chi connectivity index (χ3v) is 12.0. The Morgan fingerprint density at radius 2 is 1.33 bits per heavy atom. The summed E-state index contributed by atoms with van der Waals surface area (Å²) in [6.45, 7) is 16.0. The average molecular weight is 418 g/mol. The molecule has 3 aliphatic rings. The van der Waals surface area contributed by atoms with Crippen molar-refractivity contribution in [2.45, 2.75) is 73.0 Å². The van der Waals surface area contributed by atoms with Crippen LogP contribution in [0.15, 0.2) is 35.5 Å². The van der Waals surface area contributed by atoms with Gasteiger partial charge in [-0.05, 0) is 99.1 Å². The van der Waals surface area contributed by atoms with Crippen molar-refractivity contribution in [3.8, 4) is 0 Å². The molecule has 5 rings (SSSR count). The van der Waals surface area contributed by atoms with E-state index in [2.05, 4.69) is 76.4 Å². The number of hydrogen-bond acceptors (Lipinski definition) is 2. The second-order valence-corrected chi connectivity index (χ2v) is 13.1. The first-order valence-electron chi connectivity index (χ1n) is 11.6. The Balaban J connectivity index is 1.75. The summed E-state index contributed by atoms with van der Waals surface area (Å²) in [5.74, 6) is 0. The van der Waals surface area contributed by atoms with Crippen LogP contribution < -0.4 is 10.4 Å². The van der Waals surface area contributed by atoms with Crippen molar-refractivity contribution in [1.82, 2.24) is 4.90 Å². The number of aryl methyl sites for hydroxylation is 6. The summed E-state index contributed by atoms with van der Waals surface area (Å²) in [6.07, 6.45) is 4.25. The van der Waals surface area contributed by atoms with Gasteiger partial charge in [0.25, 0.3) is 8.32 Å². The van der Waals surface area contributed by atoms with E-state index in [0.717, 1.165) is 6.54 Å². The standard InChI is InChI=1S/C27H35NOSi/c1-17-11-19(3)26(20(4)12-17)30(27-21(5)13-18(2)14-22(27)6)16-23-15-28-10-8-7-9-24(28)25(23)29-30/h11-14,16,24-25H,7-10,15H2,1-6H3/t24-,25-/m1/s1. The van der Waals surface area contributed by atoms with E-state index in [1.165, 1.54) is 69.6 Å². The van der Waals surface area contributed by atoms with E-state index >= 15 is 0 Å². The highest BCUT2D eigenvalue weighted by molar-refractivity contribution is 7.02. The van der Waals surface area contributed by atoms with E-state index in [9.17, 15) is 0 Å². The zero-order valence-corrected chi connectivity index (χ0v) is 20.4. The predicted molar refractivity (Wildman–Crippen MR) is 128 cm³/mol. The molecule has 30 heavy (non-hydrogen) atoms. The Morgan fingerprint density at radius 1 is 0.800 bits per heavy atom. The molecule has 0 saturated carbocycles. The van der Waals surface area contributed by atoms with Crippen LogP contribution in [0.2, 0.25) is 0 Å². The molecule has 2 aromatic rings. The fraction of sp³-hybridized carbons (Fsp3) is 0.481. The van der Waals surface area contributed by atoms with Crippen LogP contribution in [-0.4, -0.2) is 38.5 Å². The van der Waals surface area contributed by atoms with Gasteiger partial charge in [-0.15, -0.1) is 0 Å². The second kappa shape index (κ2) is 7.18. The number of fused-ring (bicyclic) bond motifs is 3. The van der Waals surface area contributed by atoms with Crippen LogP contribution in [0.5, 0.6) is 0 Å². The Morgan fingerprint density at radius 3 is 1.87 bits per heavy atom. The summed E-state index contributed by atoms with van der Waals surface area (Å²) < 4.78 is 7.42. The quantitative estimate of drug-likeness (QED) is 0.675. The van der Waals surface area contributed by atoms with Gasteiger partial charge >= 0.3 is 0 Å². The second-order valence-electron chi connectivity index (χ2n) is 10.1. The summed E-state index contributed by atoms with van der Waals surface area (Å²) >= 11 is 0. The molecule has 2 atom stereocenters. The Labute approximate surface area is 183 Å². The first kappa shape index (κ1) is 20.2. The smallest absolute Gasteiger partial charge is 0.282 e. The summed E-state index contributed by atoms with van der Waals surface area (Å²) in [5.41, 5.74) is 12.5. The molecule has 0 bridgehead atoms. The molecule has 3 aliphatic heterocycles. The molecule has 0 unspecified atom stereocenters. The largest absolute Gasteiger partial charge is 0.396 e. The zero-order valence-electron chi connectivity index (χ0n) is 19.4. The van der Waals surface area contributed by atoms with Crippen molar-refractivity contribution in [2.24, 2.45) is 0 Å². The maximum Gasteiger partial charge on any atom is 0.282 e. The Bertz CT molecular complexity index is 949. The average Bonchev–Trinajstić information content (AvgIpc) is 3.15. The molecule has 2 saturated heterocycles. The summed E-state index contributed by atoms with van der Waals surface area (Å²) in [6, 6.07) is 10.0. The molecular formula is C27H35NOSi. The molecule has 0 amide bonds. The van der Waals surface area contributed by atoms with Crippen LogP contribution in [-0.2, 0) is 4.43 Å². The molecule has 2 nitrogen and oxygen atoms in total. The van der Waals surface area contributed by atoms with E-state index in [1.54, 1.807) is 5.57 Å². The number of rotatable bonds is 2. The normalized spacial score (nSPS) is 25.2. The fourth-order valence-electron chi connectivity index (χ4n) is 6.82. The van der Waals surface area contributed by atoms with Crippen LogP contribution in [0.1, 0.15) is 52.6 Å². The van der Waals surface area contributed by atoms with Crippen molar-refractivity contribution in [3.05, 3.63) is 68.9 Å². The minimum atomic E-state index is -2.47. The van der Waals surface area contributed by atoms with Crippen molar-refractivity contribution < 1.29 is 4.43 Å². The van der Waals surface area contributed by atoms with Gasteiger partial charge in [0.2, 0.25) is 0 Å². The van der Waals surface area contributed by atoms with Gasteiger partial charge in [0.15, 0.2) is 0 Å². The SMILES string of the molecule is Cc1cc(C)c([Si]2(c3c(C)cc(C)cc3C)C=C3CN4CCCC[C@@H]4[C@@H]3O2)c(C)c1. The van der Waals surface area contributed by atoms with Crippen LogP contribution in [0, 0.1) is 41.5 Å². The molecule has 0 spiro atoms. The number of benzene rings is 2. The lowest BCUT2D eigenvalue weighted by atomic mass is 10.00. The van der Waals surface area contributed by atoms with E-state index in [1.807, 2.05) is 0 Å². The highest BCUT2D eigenvalue weighted by Crippen LogP contribution is 2.40. The third-order valence-electron chi connectivity index (χ3n) is 7.56. The van der Waals surface area contributed by atoms with Crippen molar-refractivity contribution >= 4 is 18.7 Å². The molecule has 0 aromatic heterocycles. The minimum absolute atomic E-state index is 0.289. The van der Waals surface area contributed by atoms with Gasteiger partial charge in [-0.25, -0.2) is 0 Å². The monoisotopic (exact) mass is 417 g/mol. The molecule has 2 fully saturated rings. The predicted octanol–water partition coefficient (Wildman–Crippen LogP) is 4.33. The molecule has 158 valence electrons. The highest BCUT2D eigenvalue weighted by Gasteiger charge is 2.54. The lowest BCUT2D eigenvalue weighted by molar-refractivity contribution is 0.116. The molecular weight excluding hydrogens is 382 g/mol. The Kier molecular flexibility index (Phi) is 4.85. The van der Waals surface area contributed by atoms with E-state index in [4.69, 9.17) is 4.43 Å². The molecule has 2 aromatic carbocycles. The highest BCUT2D eigenvalue weighted by atomic mass is 28.4. The lowest BCUT2D eigenvalue weighted by Gasteiger charge is -2.37. The first-order chi connectivity index (χ1) is 14.3. The van der Waals surface area contributed by atoms with Crippen molar-refractivity contribution in [3.63, 3.8) is 0 Å². The van der Waals surface area contributed by atoms with Gasteiger partial charge in [0, 0.05) is 12.6 Å². The van der Waals surface area contributed by atoms with Gasteiger partial charge in [-0.3, -0.25) is 4.90 Å². The van der Waals surface area contributed by atoms with Crippen LogP contribution >= 0.6 is 0 Å². The summed E-state index contributed by atoms with van der Waals surface area (Å²) in [5, 5.41) is 2.99. The number of nitrogens with zero attached hydrogens (tertiary/aromatic N) is 1. The van der Waals surface area contributed by atoms with Gasteiger partial charge in [-0.2, -0.15) is 0 Å². The van der Waals surface area contributed by atoms with Crippen molar-refractivity contribution in [2.75, 3.05) is 13.1 Å².